The number of oxime groups is 1. The van der Waals surface area contributed by atoms with E-state index >= 15 is 0 Å². The van der Waals surface area contributed by atoms with Crippen LogP contribution in [0.3, 0.4) is 0 Å². The molecule has 1 rings (SSSR count). The average molecular weight is 214 g/mol. The molecule has 0 amide bonds. The highest BCUT2D eigenvalue weighted by Gasteiger charge is 2.14. The van der Waals surface area contributed by atoms with E-state index < -0.39 is 9.84 Å². The predicted molar refractivity (Wildman–Crippen MR) is 52.1 cm³/mol. The van der Waals surface area contributed by atoms with Crippen LogP contribution >= 0.6 is 0 Å². The van der Waals surface area contributed by atoms with Crippen LogP contribution in [0.4, 0.5) is 0 Å². The molecule has 1 aromatic carbocycles. The molecule has 0 aliphatic carbocycles. The topological polar surface area (TPSA) is 92.8 Å². The Morgan fingerprint density at radius 1 is 1.43 bits per heavy atom. The zero-order valence-electron chi connectivity index (χ0n) is 7.51. The molecule has 0 spiro atoms. The van der Waals surface area contributed by atoms with Crippen molar-refractivity contribution in [3.8, 4) is 0 Å². The second-order valence-corrected chi connectivity index (χ2v) is 4.74. The Morgan fingerprint density at radius 3 is 2.50 bits per heavy atom. The minimum Gasteiger partial charge on any atom is -0.409 e. The summed E-state index contributed by atoms with van der Waals surface area (Å²) in [6, 6.07) is 6.07. The quantitative estimate of drug-likeness (QED) is 0.318. The van der Waals surface area contributed by atoms with Gasteiger partial charge in [-0.15, -0.1) is 0 Å². The highest BCUT2D eigenvalue weighted by atomic mass is 32.2. The van der Waals surface area contributed by atoms with Crippen molar-refractivity contribution in [1.82, 2.24) is 0 Å². The Kier molecular flexibility index (Phi) is 2.76. The van der Waals surface area contributed by atoms with E-state index in [2.05, 4.69) is 5.16 Å². The monoisotopic (exact) mass is 214 g/mol. The number of hydrogen-bond donors (Lipinski definition) is 2. The van der Waals surface area contributed by atoms with Crippen LogP contribution in [0.15, 0.2) is 34.3 Å². The summed E-state index contributed by atoms with van der Waals surface area (Å²) in [6.07, 6.45) is 1.07. The van der Waals surface area contributed by atoms with Crippen molar-refractivity contribution < 1.29 is 13.6 Å². The van der Waals surface area contributed by atoms with Crippen LogP contribution in [0.2, 0.25) is 0 Å². The molecule has 0 bridgehead atoms. The summed E-state index contributed by atoms with van der Waals surface area (Å²) in [4.78, 5) is 0.0512. The third-order valence-corrected chi connectivity index (χ3v) is 2.83. The fourth-order valence-electron chi connectivity index (χ4n) is 1.06. The van der Waals surface area contributed by atoms with Gasteiger partial charge in [-0.2, -0.15) is 0 Å². The van der Waals surface area contributed by atoms with Crippen molar-refractivity contribution in [3.63, 3.8) is 0 Å². The van der Waals surface area contributed by atoms with Gasteiger partial charge in [-0.05, 0) is 12.1 Å². The molecule has 76 valence electrons. The average Bonchev–Trinajstić information content (AvgIpc) is 2.15. The smallest absolute Gasteiger partial charge is 0.176 e. The summed E-state index contributed by atoms with van der Waals surface area (Å²) in [7, 11) is -3.36. The highest BCUT2D eigenvalue weighted by molar-refractivity contribution is 7.90. The molecule has 0 fully saturated rings. The summed E-state index contributed by atoms with van der Waals surface area (Å²) in [5, 5.41) is 11.2. The summed E-state index contributed by atoms with van der Waals surface area (Å²) in [6.45, 7) is 0. The van der Waals surface area contributed by atoms with Crippen molar-refractivity contribution in [2.45, 2.75) is 4.90 Å². The molecule has 0 unspecified atom stereocenters. The zero-order valence-corrected chi connectivity index (χ0v) is 8.32. The van der Waals surface area contributed by atoms with Gasteiger partial charge in [0.2, 0.25) is 0 Å². The zero-order chi connectivity index (χ0) is 10.8. The minimum atomic E-state index is -3.36. The summed E-state index contributed by atoms with van der Waals surface area (Å²) < 4.78 is 22.6. The van der Waals surface area contributed by atoms with Crippen LogP contribution in [0, 0.1) is 0 Å². The maximum absolute atomic E-state index is 11.3. The first-order valence-electron chi connectivity index (χ1n) is 3.74. The van der Waals surface area contributed by atoms with E-state index in [0.717, 1.165) is 6.26 Å². The van der Waals surface area contributed by atoms with Crippen molar-refractivity contribution in [1.29, 1.82) is 0 Å². The molecule has 5 nitrogen and oxygen atoms in total. The first-order chi connectivity index (χ1) is 6.46. The van der Waals surface area contributed by atoms with Gasteiger partial charge in [-0.25, -0.2) is 8.42 Å². The molecular weight excluding hydrogens is 204 g/mol. The lowest BCUT2D eigenvalue weighted by Crippen LogP contribution is -2.17. The lowest BCUT2D eigenvalue weighted by Gasteiger charge is -2.04. The number of hydrogen-bond acceptors (Lipinski definition) is 4. The Labute approximate surface area is 81.8 Å². The Bertz CT molecular complexity index is 465. The van der Waals surface area contributed by atoms with Crippen LogP contribution in [0.5, 0.6) is 0 Å². The largest absolute Gasteiger partial charge is 0.409 e. The van der Waals surface area contributed by atoms with Gasteiger partial charge in [-0.3, -0.25) is 0 Å². The standard InChI is InChI=1S/C8H10N2O3S/c1-14(12,13)7-5-3-2-4-6(7)8(9)10-11/h2-5,11H,1H3,(H2,9,10). The lowest BCUT2D eigenvalue weighted by molar-refractivity contribution is 0.318. The number of amidine groups is 1. The van der Waals surface area contributed by atoms with Gasteiger partial charge in [0.15, 0.2) is 15.7 Å². The van der Waals surface area contributed by atoms with Crippen molar-refractivity contribution in [2.75, 3.05) is 6.26 Å². The second-order valence-electron chi connectivity index (χ2n) is 2.75. The molecule has 0 aliphatic rings. The van der Waals surface area contributed by atoms with Crippen LogP contribution in [-0.2, 0) is 9.84 Å². The third-order valence-electron chi connectivity index (χ3n) is 1.67. The minimum absolute atomic E-state index is 0.0512. The second kappa shape index (κ2) is 3.67. The molecule has 0 saturated heterocycles. The van der Waals surface area contributed by atoms with Crippen molar-refractivity contribution in [3.05, 3.63) is 29.8 Å². The molecule has 14 heavy (non-hydrogen) atoms. The summed E-state index contributed by atoms with van der Waals surface area (Å²) in [5.41, 5.74) is 5.53. The van der Waals surface area contributed by atoms with E-state index in [-0.39, 0.29) is 16.3 Å². The fraction of sp³-hybridized carbons (Fsp3) is 0.125. The predicted octanol–water partition coefficient (Wildman–Crippen LogP) is 0.185. The Hall–Kier alpha value is -1.56. The van der Waals surface area contributed by atoms with Gasteiger partial charge in [0, 0.05) is 11.8 Å². The van der Waals surface area contributed by atoms with Gasteiger partial charge < -0.3 is 10.9 Å². The Balaban J connectivity index is 3.46. The maximum atomic E-state index is 11.3. The molecule has 0 saturated carbocycles. The van der Waals surface area contributed by atoms with E-state index in [0.29, 0.717) is 0 Å². The number of benzene rings is 1. The number of nitrogens with two attached hydrogens (primary N) is 1. The van der Waals surface area contributed by atoms with Crippen molar-refractivity contribution >= 4 is 15.7 Å². The van der Waals surface area contributed by atoms with Gasteiger partial charge in [0.25, 0.3) is 0 Å². The molecule has 0 radical (unpaired) electrons. The molecular formula is C8H10N2O3S. The Morgan fingerprint density at radius 2 is 2.00 bits per heavy atom. The SMILES string of the molecule is CS(=O)(=O)c1ccccc1/C(N)=N/O. The van der Waals surface area contributed by atoms with Crippen molar-refractivity contribution in [2.24, 2.45) is 10.9 Å². The van der Waals surface area contributed by atoms with Gasteiger partial charge in [0.1, 0.15) is 0 Å². The molecule has 3 N–H and O–H groups in total. The van der Waals surface area contributed by atoms with Crippen LogP contribution in [-0.4, -0.2) is 25.7 Å². The first kappa shape index (κ1) is 10.5. The molecule has 0 aromatic heterocycles. The maximum Gasteiger partial charge on any atom is 0.176 e. The van der Waals surface area contributed by atoms with E-state index in [4.69, 9.17) is 10.9 Å². The van der Waals surface area contributed by atoms with Gasteiger partial charge in [-0.1, -0.05) is 17.3 Å². The molecule has 0 atom stereocenters. The number of sulfone groups is 1. The molecule has 0 heterocycles. The normalized spacial score (nSPS) is 12.8. The summed E-state index contributed by atoms with van der Waals surface area (Å²) >= 11 is 0. The number of nitrogens with zero attached hydrogens (tertiary/aromatic N) is 1. The van der Waals surface area contributed by atoms with E-state index in [1.807, 2.05) is 0 Å². The highest BCUT2D eigenvalue weighted by Crippen LogP contribution is 2.14. The van der Waals surface area contributed by atoms with Gasteiger partial charge >= 0.3 is 0 Å². The van der Waals surface area contributed by atoms with Gasteiger partial charge in [0.05, 0.1) is 4.90 Å². The molecule has 0 aliphatic heterocycles. The fourth-order valence-corrected chi connectivity index (χ4v) is 1.95. The molecule has 6 heteroatoms. The molecule has 1 aromatic rings. The van der Waals surface area contributed by atoms with E-state index in [9.17, 15) is 8.42 Å². The van der Waals surface area contributed by atoms with E-state index in [1.54, 1.807) is 12.1 Å². The van der Waals surface area contributed by atoms with Crippen LogP contribution in [0.1, 0.15) is 5.56 Å². The third kappa shape index (κ3) is 2.02. The van der Waals surface area contributed by atoms with Crippen LogP contribution < -0.4 is 5.73 Å². The summed E-state index contributed by atoms with van der Waals surface area (Å²) in [5.74, 6) is -0.217. The number of rotatable bonds is 2. The first-order valence-corrected chi connectivity index (χ1v) is 5.63. The van der Waals surface area contributed by atoms with E-state index in [1.165, 1.54) is 12.1 Å². The lowest BCUT2D eigenvalue weighted by atomic mass is 10.2. The van der Waals surface area contributed by atoms with Crippen LogP contribution in [0.25, 0.3) is 0 Å².